The molecule has 0 saturated heterocycles. The zero-order valence-corrected chi connectivity index (χ0v) is 11.0. The molecule has 0 aliphatic heterocycles. The summed E-state index contributed by atoms with van der Waals surface area (Å²) in [6.07, 6.45) is 6.40. The van der Waals surface area contributed by atoms with Gasteiger partial charge in [0.2, 0.25) is 10.0 Å². The molecule has 1 rings (SSSR count). The van der Waals surface area contributed by atoms with Crippen LogP contribution in [0.25, 0.3) is 0 Å². The van der Waals surface area contributed by atoms with Crippen LogP contribution in [0, 0.1) is 19.3 Å². The molecule has 0 unspecified atom stereocenters. The molecule has 3 nitrogen and oxygen atoms in total. The molecule has 0 aliphatic carbocycles. The van der Waals surface area contributed by atoms with Crippen molar-refractivity contribution in [3.8, 4) is 12.3 Å². The van der Waals surface area contributed by atoms with Gasteiger partial charge < -0.3 is 0 Å². The van der Waals surface area contributed by atoms with Crippen molar-refractivity contribution in [1.82, 2.24) is 4.31 Å². The number of sulfonamides is 1. The molecule has 0 aliphatic rings. The van der Waals surface area contributed by atoms with E-state index in [-0.39, 0.29) is 0 Å². The highest BCUT2D eigenvalue weighted by Gasteiger charge is 2.19. The molecule has 1 aromatic rings. The first-order valence-corrected chi connectivity index (χ1v) is 6.89. The number of aryl methyl sites for hydroxylation is 1. The highest BCUT2D eigenvalue weighted by molar-refractivity contribution is 7.89. The second kappa shape index (κ2) is 5.85. The molecule has 0 saturated carbocycles. The molecule has 0 aromatic heterocycles. The maximum absolute atomic E-state index is 12.1. The van der Waals surface area contributed by atoms with E-state index in [0.717, 1.165) is 5.56 Å². The zero-order chi connectivity index (χ0) is 12.9. The molecular weight excluding hydrogens is 234 g/mol. The minimum atomic E-state index is -3.37. The van der Waals surface area contributed by atoms with Gasteiger partial charge in [-0.1, -0.05) is 17.7 Å². The smallest absolute Gasteiger partial charge is 0.207 e. The van der Waals surface area contributed by atoms with Crippen molar-refractivity contribution in [2.75, 3.05) is 13.6 Å². The Morgan fingerprint density at radius 1 is 1.29 bits per heavy atom. The topological polar surface area (TPSA) is 37.4 Å². The van der Waals surface area contributed by atoms with Gasteiger partial charge in [0.25, 0.3) is 0 Å². The summed E-state index contributed by atoms with van der Waals surface area (Å²) >= 11 is 0. The van der Waals surface area contributed by atoms with Crippen LogP contribution >= 0.6 is 0 Å². The van der Waals surface area contributed by atoms with E-state index in [0.29, 0.717) is 24.3 Å². The number of nitrogens with zero attached hydrogens (tertiary/aromatic N) is 1. The predicted molar refractivity (Wildman–Crippen MR) is 69.1 cm³/mol. The lowest BCUT2D eigenvalue weighted by Gasteiger charge is -2.16. The standard InChI is InChI=1S/C13H17NO2S/c1-4-5-6-11-14(3)17(15,16)13-9-7-12(2)8-10-13/h1,7-10H,5-6,11H2,2-3H3. The molecule has 0 fully saturated rings. The van der Waals surface area contributed by atoms with Crippen molar-refractivity contribution in [3.05, 3.63) is 29.8 Å². The Morgan fingerprint density at radius 3 is 2.41 bits per heavy atom. The van der Waals surface area contributed by atoms with E-state index in [1.54, 1.807) is 31.3 Å². The molecular formula is C13H17NO2S. The van der Waals surface area contributed by atoms with Gasteiger partial charge in [0.1, 0.15) is 0 Å². The summed E-state index contributed by atoms with van der Waals surface area (Å²) in [6, 6.07) is 6.84. The Labute approximate surface area is 104 Å². The van der Waals surface area contributed by atoms with Gasteiger partial charge in [-0.2, -0.15) is 0 Å². The van der Waals surface area contributed by atoms with E-state index < -0.39 is 10.0 Å². The summed E-state index contributed by atoms with van der Waals surface area (Å²) in [5, 5.41) is 0. The number of hydrogen-bond acceptors (Lipinski definition) is 2. The number of benzene rings is 1. The largest absolute Gasteiger partial charge is 0.242 e. The fourth-order valence-electron chi connectivity index (χ4n) is 1.41. The fraction of sp³-hybridized carbons (Fsp3) is 0.385. The van der Waals surface area contributed by atoms with E-state index in [1.807, 2.05) is 6.92 Å². The maximum atomic E-state index is 12.1. The van der Waals surface area contributed by atoms with Gasteiger partial charge >= 0.3 is 0 Å². The van der Waals surface area contributed by atoms with E-state index in [9.17, 15) is 8.42 Å². The SMILES string of the molecule is C#CCCCN(C)S(=O)(=O)c1ccc(C)cc1. The van der Waals surface area contributed by atoms with E-state index in [1.165, 1.54) is 4.31 Å². The third kappa shape index (κ3) is 3.58. The molecule has 0 heterocycles. The lowest BCUT2D eigenvalue weighted by Crippen LogP contribution is -2.27. The van der Waals surface area contributed by atoms with Crippen LogP contribution in [0.15, 0.2) is 29.2 Å². The molecule has 92 valence electrons. The normalized spacial score (nSPS) is 11.4. The second-order valence-electron chi connectivity index (χ2n) is 3.95. The quantitative estimate of drug-likeness (QED) is 0.593. The maximum Gasteiger partial charge on any atom is 0.242 e. The first kappa shape index (κ1) is 13.8. The van der Waals surface area contributed by atoms with Crippen molar-refractivity contribution in [2.24, 2.45) is 0 Å². The summed E-state index contributed by atoms with van der Waals surface area (Å²) in [6.45, 7) is 2.37. The zero-order valence-electron chi connectivity index (χ0n) is 10.2. The summed E-state index contributed by atoms with van der Waals surface area (Å²) in [5.74, 6) is 2.50. The van der Waals surface area contributed by atoms with E-state index in [2.05, 4.69) is 5.92 Å². The average molecular weight is 251 g/mol. The molecule has 0 radical (unpaired) electrons. The lowest BCUT2D eigenvalue weighted by atomic mass is 10.2. The van der Waals surface area contributed by atoms with Crippen molar-refractivity contribution in [3.63, 3.8) is 0 Å². The number of rotatable bonds is 5. The molecule has 0 N–H and O–H groups in total. The minimum Gasteiger partial charge on any atom is -0.207 e. The summed E-state index contributed by atoms with van der Waals surface area (Å²) < 4.78 is 25.6. The Kier molecular flexibility index (Phi) is 4.73. The molecule has 17 heavy (non-hydrogen) atoms. The lowest BCUT2D eigenvalue weighted by molar-refractivity contribution is 0.464. The minimum absolute atomic E-state index is 0.325. The van der Waals surface area contributed by atoms with Crippen molar-refractivity contribution >= 4 is 10.0 Å². The van der Waals surface area contributed by atoms with E-state index >= 15 is 0 Å². The Morgan fingerprint density at radius 2 is 1.88 bits per heavy atom. The molecule has 4 heteroatoms. The number of terminal acetylenes is 1. The molecule has 1 aromatic carbocycles. The first-order valence-electron chi connectivity index (χ1n) is 5.45. The Balaban J connectivity index is 2.81. The number of hydrogen-bond donors (Lipinski definition) is 0. The van der Waals surface area contributed by atoms with E-state index in [4.69, 9.17) is 6.42 Å². The van der Waals surface area contributed by atoms with Crippen LogP contribution in [0.1, 0.15) is 18.4 Å². The van der Waals surface area contributed by atoms with Gasteiger partial charge in [0.15, 0.2) is 0 Å². The van der Waals surface area contributed by atoms with Crippen LogP contribution in [0.4, 0.5) is 0 Å². The van der Waals surface area contributed by atoms with Gasteiger partial charge in [0.05, 0.1) is 4.90 Å². The fourth-order valence-corrected chi connectivity index (χ4v) is 2.62. The average Bonchev–Trinajstić information content (AvgIpc) is 2.29. The molecule has 0 spiro atoms. The predicted octanol–water partition coefficient (Wildman–Crippen LogP) is 2.03. The Hall–Kier alpha value is -1.31. The van der Waals surface area contributed by atoms with Crippen LogP contribution < -0.4 is 0 Å². The van der Waals surface area contributed by atoms with Crippen molar-refractivity contribution in [1.29, 1.82) is 0 Å². The second-order valence-corrected chi connectivity index (χ2v) is 5.99. The molecule has 0 bridgehead atoms. The van der Waals surface area contributed by atoms with Gasteiger partial charge in [-0.05, 0) is 25.5 Å². The molecule has 0 atom stereocenters. The summed E-state index contributed by atoms with van der Waals surface area (Å²) in [4.78, 5) is 0.325. The summed E-state index contributed by atoms with van der Waals surface area (Å²) in [5.41, 5.74) is 1.04. The van der Waals surface area contributed by atoms with Gasteiger partial charge in [-0.15, -0.1) is 12.3 Å². The Bertz CT molecular complexity index is 497. The van der Waals surface area contributed by atoms with Crippen molar-refractivity contribution < 1.29 is 8.42 Å². The van der Waals surface area contributed by atoms with Gasteiger partial charge in [-0.25, -0.2) is 12.7 Å². The van der Waals surface area contributed by atoms with Crippen LogP contribution in [0.2, 0.25) is 0 Å². The highest BCUT2D eigenvalue weighted by atomic mass is 32.2. The van der Waals surface area contributed by atoms with Crippen LogP contribution in [-0.2, 0) is 10.0 Å². The highest BCUT2D eigenvalue weighted by Crippen LogP contribution is 2.15. The number of unbranched alkanes of at least 4 members (excludes halogenated alkanes) is 1. The monoisotopic (exact) mass is 251 g/mol. The third-order valence-electron chi connectivity index (χ3n) is 2.52. The van der Waals surface area contributed by atoms with Crippen molar-refractivity contribution in [2.45, 2.75) is 24.7 Å². The van der Waals surface area contributed by atoms with Crippen LogP contribution in [-0.4, -0.2) is 26.3 Å². The molecule has 0 amide bonds. The van der Waals surface area contributed by atoms with Crippen LogP contribution in [0.3, 0.4) is 0 Å². The van der Waals surface area contributed by atoms with Crippen LogP contribution in [0.5, 0.6) is 0 Å². The summed E-state index contributed by atoms with van der Waals surface area (Å²) in [7, 11) is -1.80. The van der Waals surface area contributed by atoms with Gasteiger partial charge in [-0.3, -0.25) is 0 Å². The first-order chi connectivity index (χ1) is 7.98. The van der Waals surface area contributed by atoms with Gasteiger partial charge in [0, 0.05) is 20.0 Å². The third-order valence-corrected chi connectivity index (χ3v) is 4.39.